The predicted octanol–water partition coefficient (Wildman–Crippen LogP) is 2.64. The van der Waals surface area contributed by atoms with Gasteiger partial charge in [0.1, 0.15) is 5.65 Å². The number of hydrogen-bond acceptors (Lipinski definition) is 2. The van der Waals surface area contributed by atoms with E-state index in [1.165, 1.54) is 0 Å². The normalized spacial score (nSPS) is 10.8. The number of aromatic amines is 1. The van der Waals surface area contributed by atoms with Crippen molar-refractivity contribution in [3.63, 3.8) is 0 Å². The number of fused-ring (bicyclic) bond motifs is 1. The van der Waals surface area contributed by atoms with Crippen LogP contribution in [0.4, 0.5) is 0 Å². The first-order valence-electron chi connectivity index (χ1n) is 6.00. The largest absolute Gasteiger partial charge is 0.366 e. The summed E-state index contributed by atoms with van der Waals surface area (Å²) in [5.74, 6) is -0.413. The zero-order valence-corrected chi connectivity index (χ0v) is 10.5. The van der Waals surface area contributed by atoms with Crippen LogP contribution < -0.4 is 5.73 Å². The Kier molecular flexibility index (Phi) is 2.56. The minimum absolute atomic E-state index is 0.413. The molecule has 1 amide bonds. The molecule has 0 bridgehead atoms. The van der Waals surface area contributed by atoms with E-state index < -0.39 is 5.91 Å². The van der Waals surface area contributed by atoms with Crippen molar-refractivity contribution in [2.24, 2.45) is 5.73 Å². The quantitative estimate of drug-likeness (QED) is 0.735. The fourth-order valence-corrected chi connectivity index (χ4v) is 2.27. The molecule has 0 saturated heterocycles. The number of carbonyl (C=O) groups is 1. The molecule has 0 fully saturated rings. The molecule has 19 heavy (non-hydrogen) atoms. The average molecular weight is 251 g/mol. The Morgan fingerprint density at radius 2 is 1.95 bits per heavy atom. The number of H-pyrrole nitrogens is 1. The Bertz CT molecular complexity index is 757. The number of aromatic nitrogens is 2. The van der Waals surface area contributed by atoms with Crippen LogP contribution in [-0.4, -0.2) is 15.9 Å². The molecule has 0 aliphatic heterocycles. The van der Waals surface area contributed by atoms with Crippen molar-refractivity contribution >= 4 is 16.9 Å². The van der Waals surface area contributed by atoms with Crippen LogP contribution in [0.1, 0.15) is 15.9 Å². The van der Waals surface area contributed by atoms with Gasteiger partial charge >= 0.3 is 0 Å². The smallest absolute Gasteiger partial charge is 0.248 e. The van der Waals surface area contributed by atoms with E-state index >= 15 is 0 Å². The Hall–Kier alpha value is -2.62. The maximum absolute atomic E-state index is 11.1. The molecule has 0 spiro atoms. The van der Waals surface area contributed by atoms with Gasteiger partial charge in [-0.1, -0.05) is 12.1 Å². The number of nitrogens with zero attached hydrogens (tertiary/aromatic N) is 1. The number of nitrogens with two attached hydrogens (primary N) is 1. The first kappa shape index (κ1) is 11.5. The van der Waals surface area contributed by atoms with Crippen LogP contribution in [0.5, 0.6) is 0 Å². The summed E-state index contributed by atoms with van der Waals surface area (Å²) in [7, 11) is 0. The number of rotatable bonds is 2. The van der Waals surface area contributed by atoms with E-state index in [0.717, 1.165) is 27.7 Å². The number of aryl methyl sites for hydroxylation is 1. The summed E-state index contributed by atoms with van der Waals surface area (Å²) in [6.45, 7) is 2.04. The van der Waals surface area contributed by atoms with Crippen LogP contribution in [0.2, 0.25) is 0 Å². The summed E-state index contributed by atoms with van der Waals surface area (Å²) < 4.78 is 0. The van der Waals surface area contributed by atoms with Gasteiger partial charge in [-0.05, 0) is 41.8 Å². The topological polar surface area (TPSA) is 71.8 Å². The molecule has 0 aliphatic carbocycles. The molecule has 0 radical (unpaired) electrons. The Balaban J connectivity index is 2.18. The Morgan fingerprint density at radius 1 is 1.21 bits per heavy atom. The summed E-state index contributed by atoms with van der Waals surface area (Å²) in [6, 6.07) is 9.27. The van der Waals surface area contributed by atoms with Crippen molar-refractivity contribution < 1.29 is 4.79 Å². The summed E-state index contributed by atoms with van der Waals surface area (Å²) in [5.41, 5.74) is 9.92. The monoisotopic (exact) mass is 251 g/mol. The zero-order valence-electron chi connectivity index (χ0n) is 10.5. The van der Waals surface area contributed by atoms with Crippen molar-refractivity contribution in [2.75, 3.05) is 0 Å². The van der Waals surface area contributed by atoms with Crippen molar-refractivity contribution in [2.45, 2.75) is 6.92 Å². The van der Waals surface area contributed by atoms with E-state index in [9.17, 15) is 4.79 Å². The van der Waals surface area contributed by atoms with Gasteiger partial charge in [-0.15, -0.1) is 0 Å². The van der Waals surface area contributed by atoms with Gasteiger partial charge in [-0.2, -0.15) is 0 Å². The van der Waals surface area contributed by atoms with Crippen LogP contribution in [0.3, 0.4) is 0 Å². The highest BCUT2D eigenvalue weighted by Crippen LogP contribution is 2.29. The standard InChI is InChI=1S/C15H13N3O/c1-9-8-18-15-13(9)12(6-7-17-15)10-2-4-11(5-3-10)14(16)19/h2-8H,1H3,(H2,16,19)(H,17,18). The molecular weight excluding hydrogens is 238 g/mol. The van der Waals surface area contributed by atoms with E-state index in [0.29, 0.717) is 5.56 Å². The third-order valence-corrected chi connectivity index (χ3v) is 3.25. The van der Waals surface area contributed by atoms with Gasteiger partial charge in [0, 0.05) is 23.3 Å². The van der Waals surface area contributed by atoms with E-state index in [1.807, 2.05) is 31.3 Å². The number of hydrogen-bond donors (Lipinski definition) is 2. The van der Waals surface area contributed by atoms with Crippen molar-refractivity contribution in [1.29, 1.82) is 0 Å². The van der Waals surface area contributed by atoms with Gasteiger partial charge < -0.3 is 10.7 Å². The third-order valence-electron chi connectivity index (χ3n) is 3.25. The van der Waals surface area contributed by atoms with Crippen LogP contribution in [0.15, 0.2) is 42.7 Å². The lowest BCUT2D eigenvalue weighted by molar-refractivity contribution is 0.100. The predicted molar refractivity (Wildman–Crippen MR) is 74.8 cm³/mol. The van der Waals surface area contributed by atoms with Crippen molar-refractivity contribution in [1.82, 2.24) is 9.97 Å². The molecule has 3 rings (SSSR count). The second-order valence-corrected chi connectivity index (χ2v) is 4.50. The summed E-state index contributed by atoms with van der Waals surface area (Å²) in [6.07, 6.45) is 3.72. The highest BCUT2D eigenvalue weighted by atomic mass is 16.1. The van der Waals surface area contributed by atoms with Gasteiger partial charge in [-0.3, -0.25) is 4.79 Å². The number of pyridine rings is 1. The molecule has 4 heteroatoms. The molecule has 1 aromatic carbocycles. The van der Waals surface area contributed by atoms with Crippen molar-refractivity contribution in [3.8, 4) is 11.1 Å². The highest BCUT2D eigenvalue weighted by Gasteiger charge is 2.09. The lowest BCUT2D eigenvalue weighted by atomic mass is 10.0. The maximum Gasteiger partial charge on any atom is 0.248 e. The molecule has 0 unspecified atom stereocenters. The third kappa shape index (κ3) is 1.87. The number of primary amides is 1. The van der Waals surface area contributed by atoms with Gasteiger partial charge in [0.2, 0.25) is 5.91 Å². The summed E-state index contributed by atoms with van der Waals surface area (Å²) in [4.78, 5) is 18.5. The van der Waals surface area contributed by atoms with Crippen LogP contribution in [-0.2, 0) is 0 Å². The van der Waals surface area contributed by atoms with Crippen molar-refractivity contribution in [3.05, 3.63) is 53.9 Å². The van der Waals surface area contributed by atoms with E-state index in [2.05, 4.69) is 9.97 Å². The van der Waals surface area contributed by atoms with Gasteiger partial charge in [-0.25, -0.2) is 4.98 Å². The first-order chi connectivity index (χ1) is 9.16. The molecule has 0 aliphatic rings. The molecule has 0 saturated carbocycles. The second-order valence-electron chi connectivity index (χ2n) is 4.50. The maximum atomic E-state index is 11.1. The highest BCUT2D eigenvalue weighted by molar-refractivity contribution is 5.97. The number of benzene rings is 1. The molecule has 4 nitrogen and oxygen atoms in total. The molecule has 2 heterocycles. The molecule has 3 N–H and O–H groups in total. The minimum Gasteiger partial charge on any atom is -0.366 e. The number of amides is 1. The fraction of sp³-hybridized carbons (Fsp3) is 0.0667. The molecular formula is C15H13N3O. The molecule has 3 aromatic rings. The number of nitrogens with one attached hydrogen (secondary N) is 1. The number of carbonyl (C=O) groups excluding carboxylic acids is 1. The Morgan fingerprint density at radius 3 is 2.63 bits per heavy atom. The Labute approximate surface area is 110 Å². The van der Waals surface area contributed by atoms with E-state index in [1.54, 1.807) is 18.3 Å². The summed E-state index contributed by atoms with van der Waals surface area (Å²) >= 11 is 0. The molecule has 2 aromatic heterocycles. The molecule has 94 valence electrons. The first-order valence-corrected chi connectivity index (χ1v) is 6.00. The van der Waals surface area contributed by atoms with E-state index in [-0.39, 0.29) is 0 Å². The SMILES string of the molecule is Cc1c[nH]c2nccc(-c3ccc(C(N)=O)cc3)c12. The van der Waals surface area contributed by atoms with Gasteiger partial charge in [0.15, 0.2) is 0 Å². The lowest BCUT2D eigenvalue weighted by Gasteiger charge is -2.05. The van der Waals surface area contributed by atoms with E-state index in [4.69, 9.17) is 5.73 Å². The van der Waals surface area contributed by atoms with Crippen LogP contribution in [0, 0.1) is 6.92 Å². The van der Waals surface area contributed by atoms with Gasteiger partial charge in [0.25, 0.3) is 0 Å². The average Bonchev–Trinajstić information content (AvgIpc) is 2.81. The second kappa shape index (κ2) is 4.24. The van der Waals surface area contributed by atoms with Gasteiger partial charge in [0.05, 0.1) is 0 Å². The zero-order chi connectivity index (χ0) is 13.4. The summed E-state index contributed by atoms with van der Waals surface area (Å²) in [5, 5.41) is 1.11. The molecule has 0 atom stereocenters. The minimum atomic E-state index is -0.413. The lowest BCUT2D eigenvalue weighted by Crippen LogP contribution is -2.10. The van der Waals surface area contributed by atoms with Crippen LogP contribution >= 0.6 is 0 Å². The van der Waals surface area contributed by atoms with Crippen LogP contribution in [0.25, 0.3) is 22.2 Å². The fourth-order valence-electron chi connectivity index (χ4n) is 2.27.